The van der Waals surface area contributed by atoms with E-state index in [1.54, 1.807) is 11.3 Å². The van der Waals surface area contributed by atoms with E-state index in [0.717, 1.165) is 38.8 Å². The summed E-state index contributed by atoms with van der Waals surface area (Å²) in [6, 6.07) is 0.340. The Labute approximate surface area is 161 Å². The summed E-state index contributed by atoms with van der Waals surface area (Å²) in [6.07, 6.45) is 8.06. The van der Waals surface area contributed by atoms with Crippen molar-refractivity contribution in [2.45, 2.75) is 76.7 Å². The highest BCUT2D eigenvalue weighted by molar-refractivity contribution is 7.09. The van der Waals surface area contributed by atoms with Crippen LogP contribution in [-0.4, -0.2) is 34.9 Å². The Kier molecular flexibility index (Phi) is 5.38. The highest BCUT2D eigenvalue weighted by Gasteiger charge is 2.42. The zero-order chi connectivity index (χ0) is 18.3. The Balaban J connectivity index is 1.41. The minimum absolute atomic E-state index is 0.214. The van der Waals surface area contributed by atoms with Gasteiger partial charge in [-0.05, 0) is 56.3 Å². The van der Waals surface area contributed by atoms with E-state index in [9.17, 15) is 4.79 Å². The number of hydrogen-bond donors (Lipinski definition) is 1. The lowest BCUT2D eigenvalue weighted by atomic mass is 9.65. The molecule has 144 valence electrons. The van der Waals surface area contributed by atoms with Crippen molar-refractivity contribution in [3.05, 3.63) is 16.1 Å². The third-order valence-corrected chi connectivity index (χ3v) is 8.00. The maximum Gasteiger partial charge on any atom is 0.225 e. The van der Waals surface area contributed by atoms with Crippen LogP contribution in [0.3, 0.4) is 0 Å². The average molecular weight is 376 g/mol. The zero-order valence-corrected chi connectivity index (χ0v) is 17.0. The number of likely N-dealkylation sites (tertiary alicyclic amines) is 1. The fraction of sp³-hybridized carbons (Fsp3) is 0.810. The first-order valence-electron chi connectivity index (χ1n) is 10.5. The monoisotopic (exact) mass is 375 g/mol. The fourth-order valence-corrected chi connectivity index (χ4v) is 6.49. The van der Waals surface area contributed by atoms with E-state index in [-0.39, 0.29) is 5.92 Å². The van der Waals surface area contributed by atoms with Gasteiger partial charge in [-0.25, -0.2) is 4.98 Å². The number of hydrogen-bond acceptors (Lipinski definition) is 4. The van der Waals surface area contributed by atoms with Gasteiger partial charge in [-0.2, -0.15) is 0 Å². The highest BCUT2D eigenvalue weighted by atomic mass is 32.1. The minimum Gasteiger partial charge on any atom is -0.342 e. The number of piperidine rings is 1. The lowest BCUT2D eigenvalue weighted by Crippen LogP contribution is -2.50. The molecule has 3 fully saturated rings. The summed E-state index contributed by atoms with van der Waals surface area (Å²) in [5.41, 5.74) is 7.61. The molecule has 5 heteroatoms. The van der Waals surface area contributed by atoms with Crippen LogP contribution in [0.15, 0.2) is 5.38 Å². The number of carbonyl (C=O) groups excluding carboxylic acids is 1. The van der Waals surface area contributed by atoms with E-state index >= 15 is 0 Å². The number of thiazole rings is 1. The van der Waals surface area contributed by atoms with Crippen LogP contribution in [0.25, 0.3) is 0 Å². The molecule has 1 saturated heterocycles. The van der Waals surface area contributed by atoms with E-state index in [1.165, 1.54) is 30.0 Å². The van der Waals surface area contributed by atoms with Gasteiger partial charge in [0, 0.05) is 36.3 Å². The predicted molar refractivity (Wildman–Crippen MR) is 106 cm³/mol. The fourth-order valence-electron chi connectivity index (χ4n) is 5.38. The van der Waals surface area contributed by atoms with Gasteiger partial charge in [0.05, 0.1) is 10.7 Å². The van der Waals surface area contributed by atoms with Crippen molar-refractivity contribution >= 4 is 17.2 Å². The number of nitrogens with two attached hydrogens (primary N) is 1. The summed E-state index contributed by atoms with van der Waals surface area (Å²) in [5, 5.41) is 3.43. The maximum absolute atomic E-state index is 13.2. The molecule has 2 saturated carbocycles. The average Bonchev–Trinajstić information content (AvgIpc) is 3.11. The second kappa shape index (κ2) is 7.59. The summed E-state index contributed by atoms with van der Waals surface area (Å²) in [4.78, 5) is 20.3. The van der Waals surface area contributed by atoms with Crippen molar-refractivity contribution in [2.24, 2.45) is 23.5 Å². The first kappa shape index (κ1) is 18.4. The van der Waals surface area contributed by atoms with Crippen LogP contribution in [0.4, 0.5) is 0 Å². The summed E-state index contributed by atoms with van der Waals surface area (Å²) in [7, 11) is 0. The van der Waals surface area contributed by atoms with E-state index in [1.807, 2.05) is 0 Å². The molecule has 3 atom stereocenters. The number of aromatic nitrogens is 1. The minimum atomic E-state index is 0.214. The van der Waals surface area contributed by atoms with Crippen LogP contribution >= 0.6 is 11.3 Å². The van der Waals surface area contributed by atoms with Crippen LogP contribution < -0.4 is 5.73 Å². The molecular weight excluding hydrogens is 342 g/mol. The van der Waals surface area contributed by atoms with Crippen LogP contribution in [0.1, 0.15) is 81.3 Å². The Morgan fingerprint density at radius 2 is 1.96 bits per heavy atom. The Morgan fingerprint density at radius 3 is 2.62 bits per heavy atom. The molecule has 1 aromatic heterocycles. The van der Waals surface area contributed by atoms with E-state index < -0.39 is 0 Å². The standard InChI is InChI=1S/C21H33N3OS/c1-13(2)18-12-26-20(23-18)16-7-4-8-24(11-16)21(25)17-9-14-5-3-6-15(10-17)19(14)22/h12-17,19H,3-11,22H2,1-2H3. The van der Waals surface area contributed by atoms with Gasteiger partial charge in [0.1, 0.15) is 0 Å². The van der Waals surface area contributed by atoms with Gasteiger partial charge in [-0.15, -0.1) is 11.3 Å². The molecule has 2 bridgehead atoms. The zero-order valence-electron chi connectivity index (χ0n) is 16.2. The lowest BCUT2D eigenvalue weighted by Gasteiger charge is -2.45. The van der Waals surface area contributed by atoms with Crippen molar-refractivity contribution in [1.82, 2.24) is 9.88 Å². The highest BCUT2D eigenvalue weighted by Crippen LogP contribution is 2.43. The molecule has 0 radical (unpaired) electrons. The lowest BCUT2D eigenvalue weighted by molar-refractivity contribution is -0.139. The van der Waals surface area contributed by atoms with Crippen LogP contribution in [-0.2, 0) is 4.79 Å². The van der Waals surface area contributed by atoms with Crippen molar-refractivity contribution in [2.75, 3.05) is 13.1 Å². The second-order valence-corrected chi connectivity index (χ2v) is 9.98. The smallest absolute Gasteiger partial charge is 0.225 e. The first-order chi connectivity index (χ1) is 12.5. The number of nitrogens with zero attached hydrogens (tertiary/aromatic N) is 2. The topological polar surface area (TPSA) is 59.2 Å². The van der Waals surface area contributed by atoms with Gasteiger partial charge >= 0.3 is 0 Å². The number of carbonyl (C=O) groups is 1. The van der Waals surface area contributed by atoms with Crippen LogP contribution in [0.5, 0.6) is 0 Å². The van der Waals surface area contributed by atoms with Crippen molar-refractivity contribution < 1.29 is 4.79 Å². The summed E-state index contributed by atoms with van der Waals surface area (Å²) in [6.45, 7) is 6.18. The van der Waals surface area contributed by atoms with Gasteiger partial charge in [0.25, 0.3) is 0 Å². The molecule has 3 aliphatic rings. The van der Waals surface area contributed by atoms with Crippen molar-refractivity contribution in [3.63, 3.8) is 0 Å². The molecule has 4 nitrogen and oxygen atoms in total. The molecule has 2 aliphatic carbocycles. The predicted octanol–water partition coefficient (Wildman–Crippen LogP) is 4.13. The van der Waals surface area contributed by atoms with Gasteiger partial charge in [-0.1, -0.05) is 20.3 Å². The molecule has 26 heavy (non-hydrogen) atoms. The summed E-state index contributed by atoms with van der Waals surface area (Å²) >= 11 is 1.78. The molecular formula is C21H33N3OS. The Hall–Kier alpha value is -0.940. The van der Waals surface area contributed by atoms with Gasteiger partial charge in [0.2, 0.25) is 5.91 Å². The maximum atomic E-state index is 13.2. The normalized spacial score (nSPS) is 34.9. The quantitative estimate of drug-likeness (QED) is 0.864. The third kappa shape index (κ3) is 3.57. The van der Waals surface area contributed by atoms with Gasteiger partial charge in [0.15, 0.2) is 0 Å². The molecule has 3 unspecified atom stereocenters. The molecule has 1 aliphatic heterocycles. The largest absolute Gasteiger partial charge is 0.342 e. The van der Waals surface area contributed by atoms with Crippen molar-refractivity contribution in [1.29, 1.82) is 0 Å². The Bertz CT molecular complexity index is 629. The number of amides is 1. The van der Waals surface area contributed by atoms with E-state index in [4.69, 9.17) is 10.7 Å². The Morgan fingerprint density at radius 1 is 1.23 bits per heavy atom. The van der Waals surface area contributed by atoms with E-state index in [2.05, 4.69) is 24.1 Å². The summed E-state index contributed by atoms with van der Waals surface area (Å²) < 4.78 is 0. The molecule has 4 rings (SSSR count). The number of rotatable bonds is 3. The van der Waals surface area contributed by atoms with Gasteiger partial charge < -0.3 is 10.6 Å². The molecule has 1 amide bonds. The van der Waals surface area contributed by atoms with Gasteiger partial charge in [-0.3, -0.25) is 4.79 Å². The van der Waals surface area contributed by atoms with Crippen LogP contribution in [0.2, 0.25) is 0 Å². The van der Waals surface area contributed by atoms with Crippen LogP contribution in [0, 0.1) is 17.8 Å². The third-order valence-electron chi connectivity index (χ3n) is 6.98. The first-order valence-corrected chi connectivity index (χ1v) is 11.4. The molecule has 2 N–H and O–H groups in total. The number of fused-ring (bicyclic) bond motifs is 2. The SMILES string of the molecule is CC(C)c1csc(C2CCCN(C(=O)C3CC4CCCC(C3)C4N)C2)n1. The van der Waals surface area contributed by atoms with Crippen molar-refractivity contribution in [3.8, 4) is 0 Å². The second-order valence-electron chi connectivity index (χ2n) is 9.09. The molecule has 0 aromatic carbocycles. The molecule has 1 aromatic rings. The molecule has 0 spiro atoms. The summed E-state index contributed by atoms with van der Waals surface area (Å²) in [5.74, 6) is 2.67. The van der Waals surface area contributed by atoms with E-state index in [0.29, 0.717) is 35.6 Å². The molecule has 2 heterocycles.